The molecule has 0 N–H and O–H groups in total. The number of benzene rings is 1. The Kier molecular flexibility index (Phi) is 8.00. The molecule has 0 aliphatic heterocycles. The third kappa shape index (κ3) is 6.08. The van der Waals surface area contributed by atoms with Crippen LogP contribution in [0.25, 0.3) is 0 Å². The molecular formula is C17H25N3OS. The molecule has 5 heteroatoms. The van der Waals surface area contributed by atoms with Crippen molar-refractivity contribution < 1.29 is 4.79 Å². The van der Waals surface area contributed by atoms with Crippen molar-refractivity contribution in [3.05, 3.63) is 29.8 Å². The summed E-state index contributed by atoms with van der Waals surface area (Å²) in [6.45, 7) is 6.04. The lowest BCUT2D eigenvalue weighted by molar-refractivity contribution is -0.132. The first-order valence-corrected chi connectivity index (χ1v) is 8.71. The topological polar surface area (TPSA) is 47.3 Å². The van der Waals surface area contributed by atoms with Gasteiger partial charge in [0.2, 0.25) is 5.91 Å². The molecular weight excluding hydrogens is 294 g/mol. The number of hydrogen-bond donors (Lipinski definition) is 0. The fraction of sp³-hybridized carbons (Fsp3) is 0.529. The lowest BCUT2D eigenvalue weighted by atomic mass is 10.2. The molecule has 0 spiro atoms. The van der Waals surface area contributed by atoms with Crippen LogP contribution < -0.4 is 0 Å². The maximum absolute atomic E-state index is 12.3. The molecule has 0 fully saturated rings. The van der Waals surface area contributed by atoms with E-state index in [9.17, 15) is 4.79 Å². The van der Waals surface area contributed by atoms with E-state index < -0.39 is 0 Å². The van der Waals surface area contributed by atoms with Gasteiger partial charge in [0.25, 0.3) is 0 Å². The second kappa shape index (κ2) is 9.50. The van der Waals surface area contributed by atoms with E-state index in [1.54, 1.807) is 16.7 Å². The van der Waals surface area contributed by atoms with Crippen molar-refractivity contribution in [1.82, 2.24) is 9.80 Å². The Hall–Kier alpha value is -1.51. The second-order valence-corrected chi connectivity index (χ2v) is 6.36. The summed E-state index contributed by atoms with van der Waals surface area (Å²) in [7, 11) is 1.95. The molecule has 1 rings (SSSR count). The lowest BCUT2D eigenvalue weighted by Gasteiger charge is -2.25. The van der Waals surface area contributed by atoms with Gasteiger partial charge in [-0.05, 0) is 44.8 Å². The Morgan fingerprint density at radius 1 is 1.36 bits per heavy atom. The minimum Gasteiger partial charge on any atom is -0.341 e. The SMILES string of the molecule is CCN(CC(C)C#N)C(=O)CN(C)Cc1ccc(SC)cc1. The molecule has 1 amide bonds. The highest BCUT2D eigenvalue weighted by Gasteiger charge is 2.16. The van der Waals surface area contributed by atoms with Crippen molar-refractivity contribution in [1.29, 1.82) is 5.26 Å². The highest BCUT2D eigenvalue weighted by Crippen LogP contribution is 2.15. The summed E-state index contributed by atoms with van der Waals surface area (Å²) in [5, 5.41) is 8.88. The van der Waals surface area contributed by atoms with Gasteiger partial charge >= 0.3 is 0 Å². The molecule has 22 heavy (non-hydrogen) atoms. The van der Waals surface area contributed by atoms with Crippen LogP contribution in [0.2, 0.25) is 0 Å². The van der Waals surface area contributed by atoms with Crippen molar-refractivity contribution in [3.63, 3.8) is 0 Å². The molecule has 0 aliphatic carbocycles. The van der Waals surface area contributed by atoms with Gasteiger partial charge < -0.3 is 4.90 Å². The van der Waals surface area contributed by atoms with E-state index in [1.165, 1.54) is 10.5 Å². The highest BCUT2D eigenvalue weighted by atomic mass is 32.2. The van der Waals surface area contributed by atoms with E-state index in [0.717, 1.165) is 6.54 Å². The van der Waals surface area contributed by atoms with Gasteiger partial charge in [-0.3, -0.25) is 9.69 Å². The maximum Gasteiger partial charge on any atom is 0.236 e. The normalized spacial score (nSPS) is 12.0. The molecule has 1 atom stereocenters. The van der Waals surface area contributed by atoms with Crippen LogP contribution in [0.1, 0.15) is 19.4 Å². The molecule has 1 aromatic rings. The number of amides is 1. The van der Waals surface area contributed by atoms with Gasteiger partial charge in [-0.1, -0.05) is 12.1 Å². The summed E-state index contributed by atoms with van der Waals surface area (Å²) >= 11 is 1.72. The first-order chi connectivity index (χ1) is 10.5. The predicted octanol–water partition coefficient (Wildman–Crippen LogP) is 2.85. The Morgan fingerprint density at radius 2 is 2.00 bits per heavy atom. The zero-order valence-corrected chi connectivity index (χ0v) is 14.7. The van der Waals surface area contributed by atoms with Gasteiger partial charge in [0.15, 0.2) is 0 Å². The fourth-order valence-corrected chi connectivity index (χ4v) is 2.62. The zero-order chi connectivity index (χ0) is 16.5. The van der Waals surface area contributed by atoms with Gasteiger partial charge in [-0.15, -0.1) is 11.8 Å². The van der Waals surface area contributed by atoms with Gasteiger partial charge in [0.1, 0.15) is 0 Å². The van der Waals surface area contributed by atoms with Crippen LogP contribution in [0.4, 0.5) is 0 Å². The predicted molar refractivity (Wildman–Crippen MR) is 91.6 cm³/mol. The van der Waals surface area contributed by atoms with Crippen LogP contribution in [0.5, 0.6) is 0 Å². The number of rotatable bonds is 8. The third-order valence-electron chi connectivity index (χ3n) is 3.47. The Balaban J connectivity index is 2.53. The maximum atomic E-state index is 12.3. The molecule has 1 unspecified atom stereocenters. The Labute approximate surface area is 138 Å². The number of thioether (sulfide) groups is 1. The van der Waals surface area contributed by atoms with Crippen molar-refractivity contribution in [2.24, 2.45) is 5.92 Å². The van der Waals surface area contributed by atoms with Gasteiger partial charge in [0, 0.05) is 24.5 Å². The van der Waals surface area contributed by atoms with Crippen molar-refractivity contribution >= 4 is 17.7 Å². The minimum atomic E-state index is -0.131. The molecule has 0 saturated carbocycles. The number of hydrogen-bond acceptors (Lipinski definition) is 4. The minimum absolute atomic E-state index is 0.0767. The van der Waals surface area contributed by atoms with Crippen LogP contribution in [-0.2, 0) is 11.3 Å². The van der Waals surface area contributed by atoms with E-state index in [4.69, 9.17) is 5.26 Å². The van der Waals surface area contributed by atoms with E-state index in [0.29, 0.717) is 19.6 Å². The lowest BCUT2D eigenvalue weighted by Crippen LogP contribution is -2.40. The largest absolute Gasteiger partial charge is 0.341 e. The molecule has 0 heterocycles. The summed E-state index contributed by atoms with van der Waals surface area (Å²) in [6.07, 6.45) is 2.06. The van der Waals surface area contributed by atoms with Gasteiger partial charge in [-0.25, -0.2) is 0 Å². The second-order valence-electron chi connectivity index (χ2n) is 5.48. The first-order valence-electron chi connectivity index (χ1n) is 7.49. The summed E-state index contributed by atoms with van der Waals surface area (Å²) in [5.41, 5.74) is 1.20. The quantitative estimate of drug-likeness (QED) is 0.691. The van der Waals surface area contributed by atoms with E-state index in [2.05, 4.69) is 36.6 Å². The monoisotopic (exact) mass is 319 g/mol. The van der Waals surface area contributed by atoms with Crippen molar-refractivity contribution in [2.75, 3.05) is 32.9 Å². The van der Waals surface area contributed by atoms with E-state index in [1.807, 2.05) is 25.8 Å². The van der Waals surface area contributed by atoms with Crippen molar-refractivity contribution in [3.8, 4) is 6.07 Å². The molecule has 0 aromatic heterocycles. The zero-order valence-electron chi connectivity index (χ0n) is 13.9. The smallest absolute Gasteiger partial charge is 0.236 e. The van der Waals surface area contributed by atoms with Crippen LogP contribution >= 0.6 is 11.8 Å². The van der Waals surface area contributed by atoms with Gasteiger partial charge in [-0.2, -0.15) is 5.26 Å². The Bertz CT molecular complexity index is 510. The first kappa shape index (κ1) is 18.5. The van der Waals surface area contributed by atoms with Crippen LogP contribution in [0.3, 0.4) is 0 Å². The fourth-order valence-electron chi connectivity index (χ4n) is 2.21. The summed E-state index contributed by atoms with van der Waals surface area (Å²) in [6, 6.07) is 10.6. The van der Waals surface area contributed by atoms with Crippen LogP contribution in [0.15, 0.2) is 29.2 Å². The number of nitrogens with zero attached hydrogens (tertiary/aromatic N) is 3. The number of likely N-dealkylation sites (N-methyl/N-ethyl adjacent to an activating group) is 2. The van der Waals surface area contributed by atoms with Crippen LogP contribution in [-0.4, -0.2) is 48.6 Å². The number of nitriles is 1. The molecule has 0 radical (unpaired) electrons. The number of carbonyl (C=O) groups excluding carboxylic acids is 1. The molecule has 4 nitrogen and oxygen atoms in total. The van der Waals surface area contributed by atoms with Crippen molar-refractivity contribution in [2.45, 2.75) is 25.3 Å². The number of carbonyl (C=O) groups is 1. The summed E-state index contributed by atoms with van der Waals surface area (Å²) < 4.78 is 0. The molecule has 0 aliphatic rings. The van der Waals surface area contributed by atoms with E-state index >= 15 is 0 Å². The average molecular weight is 319 g/mol. The molecule has 0 saturated heterocycles. The van der Waals surface area contributed by atoms with Crippen LogP contribution in [0, 0.1) is 17.2 Å². The molecule has 120 valence electrons. The summed E-state index contributed by atoms with van der Waals surface area (Å²) in [4.78, 5) is 17.3. The van der Waals surface area contributed by atoms with E-state index in [-0.39, 0.29) is 11.8 Å². The Morgan fingerprint density at radius 3 is 2.50 bits per heavy atom. The summed E-state index contributed by atoms with van der Waals surface area (Å²) in [5.74, 6) is -0.0545. The standard InChI is InChI=1S/C17H25N3OS/c1-5-20(11-14(2)10-18)17(21)13-19(3)12-15-6-8-16(22-4)9-7-15/h6-9,14H,5,11-13H2,1-4H3. The highest BCUT2D eigenvalue weighted by molar-refractivity contribution is 7.98. The van der Waals surface area contributed by atoms with Gasteiger partial charge in [0.05, 0.1) is 18.5 Å². The molecule has 1 aromatic carbocycles. The third-order valence-corrected chi connectivity index (χ3v) is 4.21. The molecule has 0 bridgehead atoms. The average Bonchev–Trinajstić information content (AvgIpc) is 2.52.